The summed E-state index contributed by atoms with van der Waals surface area (Å²) >= 11 is 3.56. The van der Waals surface area contributed by atoms with Gasteiger partial charge in [0.1, 0.15) is 5.75 Å². The van der Waals surface area contributed by atoms with Crippen molar-refractivity contribution in [1.29, 1.82) is 0 Å². The van der Waals surface area contributed by atoms with Crippen LogP contribution in [0.4, 0.5) is 0 Å². The first-order valence-corrected chi connectivity index (χ1v) is 7.99. The monoisotopic (exact) mass is 311 g/mol. The van der Waals surface area contributed by atoms with Crippen molar-refractivity contribution < 1.29 is 5.11 Å². The standard InChI is InChI=1S/C15H22BrNO/c16-10-11-17(14-4-2-1-3-5-14)12-13-6-8-15(18)9-7-13/h6-9,14,18H,1-5,10-12H2. The third-order valence-corrected chi connectivity index (χ3v) is 4.14. The summed E-state index contributed by atoms with van der Waals surface area (Å²) < 4.78 is 0. The molecule has 1 aromatic rings. The molecule has 0 spiro atoms. The Morgan fingerprint density at radius 2 is 1.78 bits per heavy atom. The highest BCUT2D eigenvalue weighted by atomic mass is 79.9. The second kappa shape index (κ2) is 7.15. The Labute approximate surface area is 118 Å². The van der Waals surface area contributed by atoms with Crippen LogP contribution in [-0.4, -0.2) is 27.9 Å². The van der Waals surface area contributed by atoms with Crippen molar-refractivity contribution in [2.24, 2.45) is 0 Å². The molecule has 18 heavy (non-hydrogen) atoms. The van der Waals surface area contributed by atoms with Gasteiger partial charge in [0.15, 0.2) is 0 Å². The highest BCUT2D eigenvalue weighted by Gasteiger charge is 2.20. The molecule has 0 aliphatic heterocycles. The minimum absolute atomic E-state index is 0.350. The minimum atomic E-state index is 0.350. The molecule has 1 aliphatic carbocycles. The first kappa shape index (κ1) is 13.9. The van der Waals surface area contributed by atoms with Crippen molar-refractivity contribution in [3.05, 3.63) is 29.8 Å². The van der Waals surface area contributed by atoms with E-state index in [4.69, 9.17) is 0 Å². The summed E-state index contributed by atoms with van der Waals surface area (Å²) in [6.07, 6.45) is 6.83. The number of phenols is 1. The van der Waals surface area contributed by atoms with Crippen LogP contribution in [0, 0.1) is 0 Å². The second-order valence-corrected chi connectivity index (χ2v) is 5.91. The van der Waals surface area contributed by atoms with E-state index >= 15 is 0 Å². The molecule has 0 heterocycles. The lowest BCUT2D eigenvalue weighted by Gasteiger charge is -2.34. The Morgan fingerprint density at radius 3 is 2.39 bits per heavy atom. The fraction of sp³-hybridized carbons (Fsp3) is 0.600. The average Bonchev–Trinajstić information content (AvgIpc) is 2.42. The van der Waals surface area contributed by atoms with Gasteiger partial charge >= 0.3 is 0 Å². The fourth-order valence-electron chi connectivity index (χ4n) is 2.78. The lowest BCUT2D eigenvalue weighted by Crippen LogP contribution is -2.37. The number of benzene rings is 1. The molecule has 1 aliphatic rings. The van der Waals surface area contributed by atoms with Gasteiger partial charge in [0.2, 0.25) is 0 Å². The van der Waals surface area contributed by atoms with Gasteiger partial charge in [-0.3, -0.25) is 4.90 Å². The SMILES string of the molecule is Oc1ccc(CN(CCBr)C2CCCCC2)cc1. The van der Waals surface area contributed by atoms with Crippen molar-refractivity contribution in [3.63, 3.8) is 0 Å². The molecule has 0 unspecified atom stereocenters. The van der Waals surface area contributed by atoms with Crippen molar-refractivity contribution in [3.8, 4) is 5.75 Å². The van der Waals surface area contributed by atoms with Crippen LogP contribution in [0.5, 0.6) is 5.75 Å². The fourth-order valence-corrected chi connectivity index (χ4v) is 3.24. The van der Waals surface area contributed by atoms with Crippen molar-refractivity contribution in [1.82, 2.24) is 4.90 Å². The lowest BCUT2D eigenvalue weighted by atomic mass is 9.94. The summed E-state index contributed by atoms with van der Waals surface area (Å²) in [5.41, 5.74) is 1.29. The molecule has 0 atom stereocenters. The van der Waals surface area contributed by atoms with Gasteiger partial charge in [0, 0.05) is 24.5 Å². The molecule has 1 aromatic carbocycles. The van der Waals surface area contributed by atoms with Crippen LogP contribution < -0.4 is 0 Å². The molecule has 3 heteroatoms. The van der Waals surface area contributed by atoms with Crippen LogP contribution in [0.1, 0.15) is 37.7 Å². The number of hydrogen-bond acceptors (Lipinski definition) is 2. The van der Waals surface area contributed by atoms with Gasteiger partial charge in [-0.1, -0.05) is 47.3 Å². The highest BCUT2D eigenvalue weighted by Crippen LogP contribution is 2.24. The van der Waals surface area contributed by atoms with E-state index in [1.807, 2.05) is 12.1 Å². The van der Waals surface area contributed by atoms with Gasteiger partial charge < -0.3 is 5.11 Å². The van der Waals surface area contributed by atoms with Crippen molar-refractivity contribution in [2.45, 2.75) is 44.7 Å². The number of phenolic OH excluding ortho intramolecular Hbond substituents is 1. The van der Waals surface area contributed by atoms with E-state index in [-0.39, 0.29) is 0 Å². The van der Waals surface area contributed by atoms with Crippen LogP contribution in [0.15, 0.2) is 24.3 Å². The van der Waals surface area contributed by atoms with Crippen molar-refractivity contribution in [2.75, 3.05) is 11.9 Å². The number of rotatable bonds is 5. The molecule has 0 aromatic heterocycles. The van der Waals surface area contributed by atoms with E-state index in [1.165, 1.54) is 37.7 Å². The Kier molecular flexibility index (Phi) is 5.51. The predicted octanol–water partition coefficient (Wildman–Crippen LogP) is 3.92. The first-order chi connectivity index (χ1) is 8.79. The topological polar surface area (TPSA) is 23.5 Å². The second-order valence-electron chi connectivity index (χ2n) is 5.12. The Balaban J connectivity index is 1.98. The molecule has 1 fully saturated rings. The van der Waals surface area contributed by atoms with Crippen LogP contribution in [-0.2, 0) is 6.54 Å². The third-order valence-electron chi connectivity index (χ3n) is 3.78. The van der Waals surface area contributed by atoms with Gasteiger partial charge in [-0.25, -0.2) is 0 Å². The third kappa shape index (κ3) is 3.99. The minimum Gasteiger partial charge on any atom is -0.508 e. The molecule has 0 bridgehead atoms. The maximum absolute atomic E-state index is 9.32. The van der Waals surface area contributed by atoms with E-state index in [0.29, 0.717) is 5.75 Å². The predicted molar refractivity (Wildman–Crippen MR) is 79.2 cm³/mol. The molecular weight excluding hydrogens is 290 g/mol. The molecule has 1 N–H and O–H groups in total. The molecular formula is C15H22BrNO. The summed E-state index contributed by atoms with van der Waals surface area (Å²) in [5, 5.41) is 10.4. The largest absolute Gasteiger partial charge is 0.508 e. The quantitative estimate of drug-likeness (QED) is 0.833. The molecule has 1 saturated carbocycles. The summed E-state index contributed by atoms with van der Waals surface area (Å²) in [6, 6.07) is 8.36. The number of aromatic hydroxyl groups is 1. The Hall–Kier alpha value is -0.540. The molecule has 2 nitrogen and oxygen atoms in total. The molecule has 0 amide bonds. The normalized spacial score (nSPS) is 17.2. The van der Waals surface area contributed by atoms with E-state index in [0.717, 1.165) is 24.5 Å². The molecule has 2 rings (SSSR count). The first-order valence-electron chi connectivity index (χ1n) is 6.87. The number of halogens is 1. The lowest BCUT2D eigenvalue weighted by molar-refractivity contribution is 0.158. The van der Waals surface area contributed by atoms with E-state index in [9.17, 15) is 5.11 Å². The zero-order valence-corrected chi connectivity index (χ0v) is 12.4. The van der Waals surface area contributed by atoms with Gasteiger partial charge in [0.25, 0.3) is 0 Å². The van der Waals surface area contributed by atoms with E-state index in [2.05, 4.69) is 20.8 Å². The van der Waals surface area contributed by atoms with Crippen LogP contribution in [0.3, 0.4) is 0 Å². The van der Waals surface area contributed by atoms with Gasteiger partial charge in [0.05, 0.1) is 0 Å². The number of alkyl halides is 1. The number of hydrogen-bond donors (Lipinski definition) is 1. The Bertz CT molecular complexity index is 346. The highest BCUT2D eigenvalue weighted by molar-refractivity contribution is 9.09. The summed E-state index contributed by atoms with van der Waals surface area (Å²) in [7, 11) is 0. The summed E-state index contributed by atoms with van der Waals surface area (Å²) in [6.45, 7) is 2.10. The van der Waals surface area contributed by atoms with Gasteiger partial charge in [-0.05, 0) is 30.5 Å². The maximum Gasteiger partial charge on any atom is 0.115 e. The Morgan fingerprint density at radius 1 is 1.11 bits per heavy atom. The van der Waals surface area contributed by atoms with Crippen LogP contribution in [0.2, 0.25) is 0 Å². The smallest absolute Gasteiger partial charge is 0.115 e. The summed E-state index contributed by atoms with van der Waals surface area (Å²) in [4.78, 5) is 2.58. The van der Waals surface area contributed by atoms with Crippen molar-refractivity contribution >= 4 is 15.9 Å². The molecule has 0 saturated heterocycles. The molecule has 100 valence electrons. The van der Waals surface area contributed by atoms with Gasteiger partial charge in [-0.15, -0.1) is 0 Å². The van der Waals surface area contributed by atoms with Crippen LogP contribution in [0.25, 0.3) is 0 Å². The number of nitrogens with zero attached hydrogens (tertiary/aromatic N) is 1. The zero-order chi connectivity index (χ0) is 12.8. The summed E-state index contributed by atoms with van der Waals surface area (Å²) in [5.74, 6) is 0.350. The zero-order valence-electron chi connectivity index (χ0n) is 10.8. The average molecular weight is 312 g/mol. The van der Waals surface area contributed by atoms with E-state index < -0.39 is 0 Å². The molecule has 0 radical (unpaired) electrons. The maximum atomic E-state index is 9.32. The van der Waals surface area contributed by atoms with Crippen LogP contribution >= 0.6 is 15.9 Å². The van der Waals surface area contributed by atoms with E-state index in [1.54, 1.807) is 12.1 Å². The van der Waals surface area contributed by atoms with Gasteiger partial charge in [-0.2, -0.15) is 0 Å².